The molecule has 1 aromatic heterocycles. The maximum absolute atomic E-state index is 12.5. The third-order valence-electron chi connectivity index (χ3n) is 6.40. The van der Waals surface area contributed by atoms with Crippen LogP contribution in [0.4, 0.5) is 0 Å². The van der Waals surface area contributed by atoms with Gasteiger partial charge in [-0.3, -0.25) is 9.69 Å². The Hall–Kier alpha value is -1.85. The van der Waals surface area contributed by atoms with Crippen LogP contribution in [0.15, 0.2) is 41.8 Å². The van der Waals surface area contributed by atoms with Crippen LogP contribution in [0.3, 0.4) is 0 Å². The van der Waals surface area contributed by atoms with E-state index in [0.29, 0.717) is 12.5 Å². The molecule has 1 aromatic carbocycles. The zero-order chi connectivity index (χ0) is 19.0. The van der Waals surface area contributed by atoms with Crippen molar-refractivity contribution in [2.75, 3.05) is 13.1 Å². The average Bonchev–Trinajstić information content (AvgIpc) is 3.35. The van der Waals surface area contributed by atoms with Crippen molar-refractivity contribution in [2.24, 2.45) is 0 Å². The first kappa shape index (κ1) is 18.2. The van der Waals surface area contributed by atoms with Gasteiger partial charge in [-0.05, 0) is 55.2 Å². The molecule has 0 radical (unpaired) electrons. The summed E-state index contributed by atoms with van der Waals surface area (Å²) in [6, 6.07) is 13.1. The lowest BCUT2D eigenvalue weighted by atomic mass is 9.76. The van der Waals surface area contributed by atoms with Crippen LogP contribution < -0.4 is 10.1 Å². The average molecular weight is 397 g/mol. The highest BCUT2D eigenvalue weighted by atomic mass is 32.1. The van der Waals surface area contributed by atoms with Crippen LogP contribution in [-0.4, -0.2) is 35.5 Å². The van der Waals surface area contributed by atoms with E-state index in [1.807, 2.05) is 17.4 Å². The van der Waals surface area contributed by atoms with Gasteiger partial charge >= 0.3 is 0 Å². The number of hydrogen-bond acceptors (Lipinski definition) is 4. The minimum atomic E-state index is -0.120. The molecule has 2 fully saturated rings. The molecule has 1 saturated heterocycles. The topological polar surface area (TPSA) is 41.6 Å². The van der Waals surface area contributed by atoms with Gasteiger partial charge in [-0.1, -0.05) is 24.3 Å². The lowest BCUT2D eigenvalue weighted by Crippen LogP contribution is -2.50. The summed E-state index contributed by atoms with van der Waals surface area (Å²) < 4.78 is 6.59. The van der Waals surface area contributed by atoms with Crippen LogP contribution in [0.2, 0.25) is 0 Å². The first-order valence-electron chi connectivity index (χ1n) is 10.5. The van der Waals surface area contributed by atoms with E-state index in [9.17, 15) is 4.79 Å². The Morgan fingerprint density at radius 2 is 2.00 bits per heavy atom. The summed E-state index contributed by atoms with van der Waals surface area (Å²) in [5.41, 5.74) is 1.09. The summed E-state index contributed by atoms with van der Waals surface area (Å²) in [5.74, 6) is 1.45. The van der Waals surface area contributed by atoms with E-state index in [-0.39, 0.29) is 17.4 Å². The Kier molecular flexibility index (Phi) is 4.89. The van der Waals surface area contributed by atoms with E-state index in [0.717, 1.165) is 57.5 Å². The Labute approximate surface area is 170 Å². The number of para-hydroxylation sites is 1. The quantitative estimate of drug-likeness (QED) is 0.818. The van der Waals surface area contributed by atoms with Crippen molar-refractivity contribution in [1.82, 2.24) is 10.2 Å². The third kappa shape index (κ3) is 3.96. The molecule has 0 bridgehead atoms. The Balaban J connectivity index is 1.28. The molecule has 1 saturated carbocycles. The van der Waals surface area contributed by atoms with Crippen molar-refractivity contribution in [2.45, 2.75) is 62.6 Å². The number of carbonyl (C=O) groups excluding carboxylic acids is 1. The first-order chi connectivity index (χ1) is 13.7. The van der Waals surface area contributed by atoms with Crippen molar-refractivity contribution in [1.29, 1.82) is 0 Å². The second-order valence-electron chi connectivity index (χ2n) is 8.63. The number of amides is 1. The molecule has 3 heterocycles. The fourth-order valence-electron chi connectivity index (χ4n) is 4.71. The molecule has 5 heteroatoms. The van der Waals surface area contributed by atoms with Gasteiger partial charge in [-0.2, -0.15) is 0 Å². The number of nitrogens with zero attached hydrogens (tertiary/aromatic N) is 1. The van der Waals surface area contributed by atoms with E-state index < -0.39 is 0 Å². The van der Waals surface area contributed by atoms with Crippen LogP contribution in [0.25, 0.3) is 0 Å². The first-order valence-corrected chi connectivity index (χ1v) is 11.4. The number of fused-ring (bicyclic) bond motifs is 1. The van der Waals surface area contributed by atoms with Crippen LogP contribution in [-0.2, 0) is 11.3 Å². The van der Waals surface area contributed by atoms with Crippen molar-refractivity contribution in [3.63, 3.8) is 0 Å². The lowest BCUT2D eigenvalue weighted by Gasteiger charge is -2.47. The second kappa shape index (κ2) is 7.53. The number of thiophene rings is 1. The molecule has 28 heavy (non-hydrogen) atoms. The Morgan fingerprint density at radius 1 is 1.18 bits per heavy atom. The standard InChI is InChI=1S/C23H28N2O2S/c26-22(24-18-7-8-18)14-17-15-23(27-21-6-2-1-5-20(17)21)9-11-25(12-10-23)16-19-4-3-13-28-19/h1-6,13,17-18H,7-12,14-16H2,(H,24,26)/t17-/m1/s1. The van der Waals surface area contributed by atoms with Gasteiger partial charge in [-0.25, -0.2) is 0 Å². The van der Waals surface area contributed by atoms with E-state index in [1.165, 1.54) is 10.4 Å². The molecule has 3 aliphatic rings. The van der Waals surface area contributed by atoms with Gasteiger partial charge in [0, 0.05) is 42.9 Å². The predicted octanol–water partition coefficient (Wildman–Crippen LogP) is 4.32. The predicted molar refractivity (Wildman–Crippen MR) is 112 cm³/mol. The normalized spacial score (nSPS) is 23.8. The van der Waals surface area contributed by atoms with Gasteiger partial charge in [0.2, 0.25) is 5.91 Å². The number of rotatable bonds is 5. The van der Waals surface area contributed by atoms with Crippen molar-refractivity contribution < 1.29 is 9.53 Å². The molecule has 1 N–H and O–H groups in total. The molecule has 1 amide bonds. The van der Waals surface area contributed by atoms with Crippen LogP contribution >= 0.6 is 11.3 Å². The molecule has 148 valence electrons. The summed E-state index contributed by atoms with van der Waals surface area (Å²) >= 11 is 1.83. The maximum Gasteiger partial charge on any atom is 0.220 e. The Bertz CT molecular complexity index is 823. The molecule has 0 unspecified atom stereocenters. The SMILES string of the molecule is O=C(C[C@@H]1CC2(CCN(Cc3cccs3)CC2)Oc2ccccc21)NC1CC1. The number of nitrogens with one attached hydrogen (secondary N) is 1. The second-order valence-corrected chi connectivity index (χ2v) is 9.66. The number of carbonyl (C=O) groups is 1. The number of piperidine rings is 1. The number of likely N-dealkylation sites (tertiary alicyclic amines) is 1. The summed E-state index contributed by atoms with van der Waals surface area (Å²) in [6.45, 7) is 3.15. The minimum Gasteiger partial charge on any atom is -0.487 e. The smallest absolute Gasteiger partial charge is 0.220 e. The molecular weight excluding hydrogens is 368 g/mol. The van der Waals surface area contributed by atoms with E-state index in [1.54, 1.807) is 0 Å². The zero-order valence-corrected chi connectivity index (χ0v) is 17.0. The molecular formula is C23H28N2O2S. The van der Waals surface area contributed by atoms with E-state index >= 15 is 0 Å². The third-order valence-corrected chi connectivity index (χ3v) is 7.27. The van der Waals surface area contributed by atoms with Crippen molar-refractivity contribution in [3.8, 4) is 5.75 Å². The van der Waals surface area contributed by atoms with Gasteiger partial charge in [0.15, 0.2) is 0 Å². The van der Waals surface area contributed by atoms with Gasteiger partial charge < -0.3 is 10.1 Å². The van der Waals surface area contributed by atoms with E-state index in [4.69, 9.17) is 4.74 Å². The van der Waals surface area contributed by atoms with Gasteiger partial charge in [0.05, 0.1) is 0 Å². The highest BCUT2D eigenvalue weighted by Crippen LogP contribution is 2.46. The van der Waals surface area contributed by atoms with Gasteiger partial charge in [-0.15, -0.1) is 11.3 Å². The molecule has 1 spiro atoms. The summed E-state index contributed by atoms with van der Waals surface area (Å²) in [5, 5.41) is 5.32. The largest absolute Gasteiger partial charge is 0.487 e. The summed E-state index contributed by atoms with van der Waals surface area (Å²) in [7, 11) is 0. The monoisotopic (exact) mass is 396 g/mol. The molecule has 1 aliphatic carbocycles. The molecule has 2 aromatic rings. The molecule has 4 nitrogen and oxygen atoms in total. The molecule has 1 atom stereocenters. The van der Waals surface area contributed by atoms with Gasteiger partial charge in [0.25, 0.3) is 0 Å². The minimum absolute atomic E-state index is 0.120. The van der Waals surface area contributed by atoms with E-state index in [2.05, 4.69) is 45.9 Å². The highest BCUT2D eigenvalue weighted by Gasteiger charge is 2.43. The fraction of sp³-hybridized carbons (Fsp3) is 0.522. The number of benzene rings is 1. The van der Waals surface area contributed by atoms with Crippen LogP contribution in [0.5, 0.6) is 5.75 Å². The zero-order valence-electron chi connectivity index (χ0n) is 16.2. The van der Waals surface area contributed by atoms with Crippen LogP contribution in [0.1, 0.15) is 54.9 Å². The Morgan fingerprint density at radius 3 is 2.75 bits per heavy atom. The molecule has 2 aliphatic heterocycles. The number of hydrogen-bond donors (Lipinski definition) is 1. The van der Waals surface area contributed by atoms with Crippen molar-refractivity contribution >= 4 is 17.2 Å². The highest BCUT2D eigenvalue weighted by molar-refractivity contribution is 7.09. The maximum atomic E-state index is 12.5. The number of ether oxygens (including phenoxy) is 1. The van der Waals surface area contributed by atoms with Gasteiger partial charge in [0.1, 0.15) is 11.4 Å². The fourth-order valence-corrected chi connectivity index (χ4v) is 5.46. The van der Waals surface area contributed by atoms with Crippen LogP contribution in [0, 0.1) is 0 Å². The lowest BCUT2D eigenvalue weighted by molar-refractivity contribution is -0.122. The molecule has 5 rings (SSSR count). The summed E-state index contributed by atoms with van der Waals surface area (Å²) in [4.78, 5) is 16.5. The van der Waals surface area contributed by atoms with Crippen molar-refractivity contribution in [3.05, 3.63) is 52.2 Å². The summed E-state index contributed by atoms with van der Waals surface area (Å²) in [6.07, 6.45) is 5.88.